The van der Waals surface area contributed by atoms with E-state index in [4.69, 9.17) is 19.9 Å². The number of nitrogens with zero attached hydrogens (tertiary/aromatic N) is 4. The molecule has 0 saturated carbocycles. The molecule has 8 aromatic rings. The molecule has 0 saturated heterocycles. The Labute approximate surface area is 248 Å². The number of rotatable bonds is 7. The minimum absolute atomic E-state index is 0.679. The molecule has 0 unspecified atom stereocenters. The number of aromatic nitrogens is 8. The van der Waals surface area contributed by atoms with Gasteiger partial charge >= 0.3 is 0 Å². The van der Waals surface area contributed by atoms with Gasteiger partial charge in [0, 0.05) is 0 Å². The minimum atomic E-state index is -0.679. The van der Waals surface area contributed by atoms with Crippen molar-refractivity contribution < 1.29 is 0 Å². The number of H-pyrrole nitrogens is 4. The predicted octanol–water partition coefficient (Wildman–Crippen LogP) is 7.80. The highest BCUT2D eigenvalue weighted by Crippen LogP contribution is 2.56. The molecular weight excluding hydrogens is 561 g/mol. The van der Waals surface area contributed by atoms with Gasteiger partial charge in [0.05, 0.1) is 44.1 Å². The molecule has 8 rings (SSSR count). The number of aromatic amines is 4. The van der Waals surface area contributed by atoms with Gasteiger partial charge in [0.2, 0.25) is 0 Å². The molecule has 0 radical (unpaired) electrons. The Kier molecular flexibility index (Phi) is 5.70. The number of hydrogen-bond acceptors (Lipinski definition) is 6. The molecule has 0 atom stereocenters. The van der Waals surface area contributed by atoms with Crippen LogP contribution in [0.1, 0.15) is 37.1 Å². The average molecular weight is 587 g/mol. The maximum absolute atomic E-state index is 5.05. The highest BCUT2D eigenvalue weighted by atomic mass is 33.1. The van der Waals surface area contributed by atoms with E-state index in [-0.39, 0.29) is 0 Å². The lowest BCUT2D eigenvalue weighted by Gasteiger charge is -2.30. The van der Waals surface area contributed by atoms with Crippen molar-refractivity contribution in [3.63, 3.8) is 0 Å². The summed E-state index contributed by atoms with van der Waals surface area (Å²) in [4.78, 5) is 34.5. The van der Waals surface area contributed by atoms with Crippen LogP contribution in [0.2, 0.25) is 0 Å². The zero-order chi connectivity index (χ0) is 28.3. The fraction of sp³-hybridized carbons (Fsp3) is 0.125. The van der Waals surface area contributed by atoms with Crippen molar-refractivity contribution in [1.82, 2.24) is 39.9 Å². The molecule has 0 amide bonds. The first-order valence-corrected chi connectivity index (χ1v) is 15.8. The maximum Gasteiger partial charge on any atom is 0.139 e. The van der Waals surface area contributed by atoms with Gasteiger partial charge in [0.15, 0.2) is 0 Å². The Bertz CT molecular complexity index is 1780. The van der Waals surface area contributed by atoms with Crippen LogP contribution in [0.15, 0.2) is 97.1 Å². The SMILES string of the molecule is CC(SSC(C)(c1nc2ccccc2[nH]1)c1nc2ccccc2[nH]1)(c1nc2ccccc2[nH]1)c1nc2ccccc2[nH]1. The summed E-state index contributed by atoms with van der Waals surface area (Å²) in [7, 11) is 3.37. The van der Waals surface area contributed by atoms with Gasteiger partial charge in [-0.25, -0.2) is 19.9 Å². The Morgan fingerprint density at radius 1 is 0.405 bits per heavy atom. The number of fused-ring (bicyclic) bond motifs is 4. The molecule has 0 fully saturated rings. The van der Waals surface area contributed by atoms with Crippen molar-refractivity contribution in [3.05, 3.63) is 120 Å². The number of hydrogen-bond donors (Lipinski definition) is 4. The third-order valence-corrected chi connectivity index (χ3v) is 11.5. The molecule has 0 aliphatic heterocycles. The second-order valence-electron chi connectivity index (χ2n) is 10.6. The standard InChI is InChI=1S/C32H26N8S2/c1-31(27-33-19-11-3-4-12-20(19)34-27,28-35-21-13-5-6-14-22(21)36-28)41-42-32(2,29-37-23-15-7-8-16-24(23)38-29)30-39-25-17-9-10-18-26(25)40-30/h3-18H,1-2H3,(H,33,34)(H,35,36)(H,37,38)(H,39,40). The second-order valence-corrected chi connectivity index (χ2v) is 13.6. The lowest BCUT2D eigenvalue weighted by molar-refractivity contribution is 0.722. The molecule has 0 spiro atoms. The van der Waals surface area contributed by atoms with E-state index in [0.29, 0.717) is 0 Å². The van der Waals surface area contributed by atoms with E-state index in [0.717, 1.165) is 67.4 Å². The topological polar surface area (TPSA) is 115 Å². The van der Waals surface area contributed by atoms with Gasteiger partial charge in [-0.2, -0.15) is 0 Å². The van der Waals surface area contributed by atoms with Gasteiger partial charge in [0.1, 0.15) is 32.8 Å². The molecule has 4 aromatic carbocycles. The highest BCUT2D eigenvalue weighted by molar-refractivity contribution is 8.77. The summed E-state index contributed by atoms with van der Waals surface area (Å²) >= 11 is 0. The van der Waals surface area contributed by atoms with Crippen molar-refractivity contribution in [1.29, 1.82) is 0 Å². The first-order valence-electron chi connectivity index (χ1n) is 13.7. The van der Waals surface area contributed by atoms with Crippen LogP contribution in [0.3, 0.4) is 0 Å². The molecule has 8 nitrogen and oxygen atoms in total. The summed E-state index contributed by atoms with van der Waals surface area (Å²) in [5.74, 6) is 3.27. The summed E-state index contributed by atoms with van der Waals surface area (Å²) < 4.78 is -1.36. The van der Waals surface area contributed by atoms with Crippen LogP contribution in [-0.2, 0) is 9.49 Å². The molecule has 0 aliphatic carbocycles. The van der Waals surface area contributed by atoms with Gasteiger partial charge in [-0.3, -0.25) is 0 Å². The van der Waals surface area contributed by atoms with E-state index in [2.05, 4.69) is 58.0 Å². The Morgan fingerprint density at radius 3 is 0.881 bits per heavy atom. The van der Waals surface area contributed by atoms with E-state index in [1.807, 2.05) is 72.8 Å². The van der Waals surface area contributed by atoms with Crippen LogP contribution < -0.4 is 0 Å². The monoisotopic (exact) mass is 586 g/mol. The quantitative estimate of drug-likeness (QED) is 0.142. The Hall–Kier alpha value is -4.54. The van der Waals surface area contributed by atoms with Crippen LogP contribution in [0.5, 0.6) is 0 Å². The van der Waals surface area contributed by atoms with Gasteiger partial charge in [-0.05, 0) is 62.4 Å². The lowest BCUT2D eigenvalue weighted by Crippen LogP contribution is -2.26. The number of nitrogens with one attached hydrogen (secondary N) is 4. The molecule has 0 bridgehead atoms. The average Bonchev–Trinajstić information content (AvgIpc) is 3.82. The smallest absolute Gasteiger partial charge is 0.139 e. The number of benzene rings is 4. The molecule has 4 N–H and O–H groups in total. The molecule has 10 heteroatoms. The highest BCUT2D eigenvalue weighted by Gasteiger charge is 2.44. The summed E-state index contributed by atoms with van der Waals surface area (Å²) in [6.45, 7) is 4.33. The van der Waals surface area contributed by atoms with Crippen LogP contribution in [0.25, 0.3) is 44.1 Å². The zero-order valence-electron chi connectivity index (χ0n) is 22.8. The fourth-order valence-corrected chi connectivity index (χ4v) is 8.25. The van der Waals surface area contributed by atoms with Crippen LogP contribution in [-0.4, -0.2) is 39.9 Å². The third kappa shape index (κ3) is 4.01. The molecule has 4 aromatic heterocycles. The summed E-state index contributed by atoms with van der Waals surface area (Å²) in [6, 6.07) is 32.4. The van der Waals surface area contributed by atoms with Crippen LogP contribution >= 0.6 is 21.6 Å². The van der Waals surface area contributed by atoms with Crippen LogP contribution in [0.4, 0.5) is 0 Å². The molecule has 206 valence electrons. The van der Waals surface area contributed by atoms with E-state index in [1.54, 1.807) is 21.6 Å². The summed E-state index contributed by atoms with van der Waals surface area (Å²) in [5.41, 5.74) is 7.59. The Balaban J connectivity index is 1.28. The lowest BCUT2D eigenvalue weighted by atomic mass is 10.1. The third-order valence-electron chi connectivity index (χ3n) is 7.74. The molecular formula is C32H26N8S2. The normalized spacial score (nSPS) is 12.7. The molecule has 42 heavy (non-hydrogen) atoms. The number of para-hydroxylation sites is 8. The molecule has 4 heterocycles. The summed E-state index contributed by atoms with van der Waals surface area (Å²) in [5, 5.41) is 0. The van der Waals surface area contributed by atoms with Gasteiger partial charge in [0.25, 0.3) is 0 Å². The maximum atomic E-state index is 5.05. The van der Waals surface area contributed by atoms with Gasteiger partial charge in [-0.15, -0.1) is 0 Å². The van der Waals surface area contributed by atoms with E-state index < -0.39 is 9.49 Å². The summed E-state index contributed by atoms with van der Waals surface area (Å²) in [6.07, 6.45) is 0. The van der Waals surface area contributed by atoms with Crippen molar-refractivity contribution in [2.75, 3.05) is 0 Å². The van der Waals surface area contributed by atoms with Gasteiger partial charge in [-0.1, -0.05) is 70.1 Å². The van der Waals surface area contributed by atoms with Crippen LogP contribution in [0, 0.1) is 0 Å². The van der Waals surface area contributed by atoms with Crippen molar-refractivity contribution in [2.45, 2.75) is 23.3 Å². The first kappa shape index (κ1) is 25.2. The van der Waals surface area contributed by atoms with Gasteiger partial charge < -0.3 is 19.9 Å². The van der Waals surface area contributed by atoms with E-state index in [1.165, 1.54) is 0 Å². The molecule has 0 aliphatic rings. The van der Waals surface area contributed by atoms with Crippen molar-refractivity contribution in [3.8, 4) is 0 Å². The van der Waals surface area contributed by atoms with E-state index >= 15 is 0 Å². The second kappa shape index (κ2) is 9.50. The van der Waals surface area contributed by atoms with E-state index in [9.17, 15) is 0 Å². The zero-order valence-corrected chi connectivity index (χ0v) is 24.5. The number of imidazole rings is 4. The van der Waals surface area contributed by atoms with Crippen molar-refractivity contribution in [2.24, 2.45) is 0 Å². The fourth-order valence-electron chi connectivity index (χ4n) is 5.26. The Morgan fingerprint density at radius 2 is 0.643 bits per heavy atom. The first-order chi connectivity index (χ1) is 20.5. The minimum Gasteiger partial charge on any atom is -0.340 e. The predicted molar refractivity (Wildman–Crippen MR) is 172 cm³/mol. The van der Waals surface area contributed by atoms with Crippen molar-refractivity contribution >= 4 is 65.7 Å². The largest absolute Gasteiger partial charge is 0.340 e.